The molecule has 0 bridgehead atoms. The van der Waals surface area contributed by atoms with Gasteiger partial charge in [0, 0.05) is 38.9 Å². The SMILES string of the molecule is CN(C)C=O.Cc1oc(C(=O)Nc2ccc(-n3cnnn3)cc2)cc1S(=O)(=O)N1CCCC1. The Labute approximate surface area is 191 Å². The molecule has 0 unspecified atom stereocenters. The van der Waals surface area contributed by atoms with Gasteiger partial charge in [-0.25, -0.2) is 13.1 Å². The molecule has 176 valence electrons. The fraction of sp³-hybridized carbons (Fsp3) is 0.350. The van der Waals surface area contributed by atoms with Crippen molar-refractivity contribution < 1.29 is 22.4 Å². The Balaban J connectivity index is 0.000000555. The van der Waals surface area contributed by atoms with Gasteiger partial charge in [-0.1, -0.05) is 0 Å². The number of rotatable bonds is 6. The third kappa shape index (κ3) is 5.81. The quantitative estimate of drug-likeness (QED) is 0.526. The van der Waals surface area contributed by atoms with E-state index < -0.39 is 15.9 Å². The molecule has 1 aliphatic rings. The number of benzene rings is 1. The van der Waals surface area contributed by atoms with Crippen LogP contribution in [0.2, 0.25) is 0 Å². The molecule has 0 radical (unpaired) electrons. The number of hydrogen-bond acceptors (Lipinski definition) is 8. The third-order valence-electron chi connectivity index (χ3n) is 4.73. The van der Waals surface area contributed by atoms with E-state index in [0.717, 1.165) is 24.9 Å². The average Bonchev–Trinajstić information content (AvgIpc) is 3.56. The lowest BCUT2D eigenvalue weighted by molar-refractivity contribution is -0.115. The summed E-state index contributed by atoms with van der Waals surface area (Å²) in [7, 11) is -0.273. The lowest BCUT2D eigenvalue weighted by Crippen LogP contribution is -2.28. The largest absolute Gasteiger partial charge is 0.455 e. The topological polar surface area (TPSA) is 144 Å². The fourth-order valence-electron chi connectivity index (χ4n) is 3.07. The molecule has 33 heavy (non-hydrogen) atoms. The van der Waals surface area contributed by atoms with Crippen LogP contribution in [0.1, 0.15) is 29.2 Å². The Morgan fingerprint density at radius 1 is 1.18 bits per heavy atom. The Morgan fingerprint density at radius 3 is 2.36 bits per heavy atom. The number of nitrogens with one attached hydrogen (secondary N) is 1. The molecule has 1 aromatic carbocycles. The van der Waals surface area contributed by atoms with Gasteiger partial charge in [0.1, 0.15) is 17.0 Å². The summed E-state index contributed by atoms with van der Waals surface area (Å²) in [5.41, 5.74) is 1.26. The van der Waals surface area contributed by atoms with Crippen LogP contribution in [0.15, 0.2) is 46.0 Å². The molecule has 1 N–H and O–H groups in total. The molecular weight excluding hydrogens is 450 g/mol. The maximum absolute atomic E-state index is 12.7. The van der Waals surface area contributed by atoms with E-state index in [9.17, 15) is 18.0 Å². The summed E-state index contributed by atoms with van der Waals surface area (Å²) in [5, 5.41) is 13.6. The van der Waals surface area contributed by atoms with Crippen LogP contribution in [0.3, 0.4) is 0 Å². The first kappa shape index (κ1) is 24.1. The highest BCUT2D eigenvalue weighted by atomic mass is 32.2. The lowest BCUT2D eigenvalue weighted by Gasteiger charge is -2.14. The molecule has 0 atom stereocenters. The van der Waals surface area contributed by atoms with E-state index in [1.54, 1.807) is 45.3 Å². The molecular formula is C20H25N7O5S. The standard InChI is InChI=1S/C17H18N6O4S.C3H7NO/c1-12-16(28(25,26)22-8-2-3-9-22)10-15(27-12)17(24)19-13-4-6-14(7-5-13)23-11-18-20-21-23;1-4(2)3-5/h4-7,10-11H,2-3,8-9H2,1H3,(H,19,24);3H,1-2H3. The summed E-state index contributed by atoms with van der Waals surface area (Å²) in [5.74, 6) is -0.382. The second kappa shape index (κ2) is 10.4. The molecule has 0 saturated carbocycles. The number of aromatic nitrogens is 4. The van der Waals surface area contributed by atoms with Gasteiger partial charge in [0.05, 0.1) is 5.69 Å². The summed E-state index contributed by atoms with van der Waals surface area (Å²) < 4.78 is 33.8. The molecule has 4 rings (SSSR count). The van der Waals surface area contributed by atoms with Crippen LogP contribution in [0.4, 0.5) is 5.69 Å². The highest BCUT2D eigenvalue weighted by Crippen LogP contribution is 2.27. The van der Waals surface area contributed by atoms with Crippen molar-refractivity contribution >= 4 is 28.0 Å². The van der Waals surface area contributed by atoms with Crippen molar-refractivity contribution in [1.29, 1.82) is 0 Å². The highest BCUT2D eigenvalue weighted by Gasteiger charge is 2.31. The van der Waals surface area contributed by atoms with Gasteiger partial charge in [-0.05, 0) is 54.5 Å². The molecule has 1 saturated heterocycles. The van der Waals surface area contributed by atoms with Crippen molar-refractivity contribution in [3.8, 4) is 5.69 Å². The molecule has 3 aromatic rings. The van der Waals surface area contributed by atoms with Gasteiger partial charge in [0.2, 0.25) is 16.4 Å². The molecule has 12 nitrogen and oxygen atoms in total. The van der Waals surface area contributed by atoms with Crippen LogP contribution in [0.5, 0.6) is 0 Å². The van der Waals surface area contributed by atoms with Crippen molar-refractivity contribution in [1.82, 2.24) is 29.4 Å². The minimum Gasteiger partial charge on any atom is -0.455 e. The van der Waals surface area contributed by atoms with Crippen molar-refractivity contribution in [3.63, 3.8) is 0 Å². The van der Waals surface area contributed by atoms with E-state index in [0.29, 0.717) is 18.8 Å². The Bertz CT molecular complexity index is 1180. The van der Waals surface area contributed by atoms with Gasteiger partial charge < -0.3 is 14.6 Å². The van der Waals surface area contributed by atoms with Crippen LogP contribution >= 0.6 is 0 Å². The van der Waals surface area contributed by atoms with E-state index in [1.165, 1.54) is 26.3 Å². The molecule has 2 aromatic heterocycles. The number of aryl methyl sites for hydroxylation is 1. The average molecular weight is 476 g/mol. The molecule has 2 amide bonds. The summed E-state index contributed by atoms with van der Waals surface area (Å²) in [6.07, 6.45) is 3.88. The van der Waals surface area contributed by atoms with Crippen LogP contribution in [-0.4, -0.2) is 77.3 Å². The van der Waals surface area contributed by atoms with Crippen molar-refractivity contribution in [2.45, 2.75) is 24.7 Å². The molecule has 3 heterocycles. The normalized spacial score (nSPS) is 13.8. The van der Waals surface area contributed by atoms with Crippen LogP contribution in [-0.2, 0) is 14.8 Å². The fourth-order valence-corrected chi connectivity index (χ4v) is 4.75. The van der Waals surface area contributed by atoms with Crippen molar-refractivity contribution in [2.24, 2.45) is 0 Å². The second-order valence-electron chi connectivity index (χ2n) is 7.47. The number of carbonyl (C=O) groups excluding carboxylic acids is 2. The molecule has 0 aliphatic carbocycles. The number of furan rings is 1. The molecule has 0 spiro atoms. The monoisotopic (exact) mass is 475 g/mol. The zero-order chi connectivity index (χ0) is 24.0. The Hall–Kier alpha value is -3.58. The summed E-state index contributed by atoms with van der Waals surface area (Å²) in [6.45, 7) is 2.52. The number of sulfonamides is 1. The summed E-state index contributed by atoms with van der Waals surface area (Å²) in [4.78, 5) is 23.4. The highest BCUT2D eigenvalue weighted by molar-refractivity contribution is 7.89. The van der Waals surface area contributed by atoms with Crippen LogP contribution in [0, 0.1) is 6.92 Å². The molecule has 13 heteroatoms. The number of hydrogen-bond donors (Lipinski definition) is 1. The lowest BCUT2D eigenvalue weighted by atomic mass is 10.2. The predicted octanol–water partition coefficient (Wildman–Crippen LogP) is 1.30. The van der Waals surface area contributed by atoms with Crippen molar-refractivity contribution in [3.05, 3.63) is 48.2 Å². The maximum atomic E-state index is 12.7. The van der Waals surface area contributed by atoms with E-state index in [1.807, 2.05) is 0 Å². The van der Waals surface area contributed by atoms with Crippen LogP contribution in [0.25, 0.3) is 5.69 Å². The third-order valence-corrected chi connectivity index (χ3v) is 6.73. The molecule has 1 fully saturated rings. The molecule has 1 aliphatic heterocycles. The van der Waals surface area contributed by atoms with E-state index in [2.05, 4.69) is 20.8 Å². The number of amides is 2. The van der Waals surface area contributed by atoms with Gasteiger partial charge >= 0.3 is 0 Å². The van der Waals surface area contributed by atoms with Crippen LogP contribution < -0.4 is 5.32 Å². The van der Waals surface area contributed by atoms with Gasteiger partial charge in [0.15, 0.2) is 5.76 Å². The van der Waals surface area contributed by atoms with Gasteiger partial charge in [-0.3, -0.25) is 9.59 Å². The maximum Gasteiger partial charge on any atom is 0.291 e. The first-order chi connectivity index (χ1) is 15.7. The number of anilines is 1. The van der Waals surface area contributed by atoms with Gasteiger partial charge in [0.25, 0.3) is 5.91 Å². The minimum atomic E-state index is -3.65. The number of nitrogens with zero attached hydrogens (tertiary/aromatic N) is 6. The number of carbonyl (C=O) groups is 2. The number of tetrazole rings is 1. The Morgan fingerprint density at radius 2 is 1.82 bits per heavy atom. The summed E-state index contributed by atoms with van der Waals surface area (Å²) in [6, 6.07) is 8.14. The minimum absolute atomic E-state index is 0.0357. The van der Waals surface area contributed by atoms with Gasteiger partial charge in [-0.2, -0.15) is 4.31 Å². The first-order valence-corrected chi connectivity index (χ1v) is 11.5. The zero-order valence-electron chi connectivity index (χ0n) is 18.5. The Kier molecular flexibility index (Phi) is 7.55. The van der Waals surface area contributed by atoms with Gasteiger partial charge in [-0.15, -0.1) is 5.10 Å². The second-order valence-corrected chi connectivity index (χ2v) is 9.37. The van der Waals surface area contributed by atoms with Crippen molar-refractivity contribution in [2.75, 3.05) is 32.5 Å². The zero-order valence-corrected chi connectivity index (χ0v) is 19.3. The predicted molar refractivity (Wildman–Crippen MR) is 118 cm³/mol. The first-order valence-electron chi connectivity index (χ1n) is 10.1. The van der Waals surface area contributed by atoms with E-state index in [-0.39, 0.29) is 16.4 Å². The van der Waals surface area contributed by atoms with E-state index >= 15 is 0 Å². The van der Waals surface area contributed by atoms with E-state index in [4.69, 9.17) is 4.42 Å². The smallest absolute Gasteiger partial charge is 0.291 e. The summed E-state index contributed by atoms with van der Waals surface area (Å²) >= 11 is 0.